The first-order valence-corrected chi connectivity index (χ1v) is 13.6. The molecule has 0 aliphatic heterocycles. The molecule has 6 rings (SSSR count). The maximum Gasteiger partial charge on any atom is 0.224 e. The van der Waals surface area contributed by atoms with E-state index in [1.54, 1.807) is 11.3 Å². The predicted molar refractivity (Wildman–Crippen MR) is 144 cm³/mol. The van der Waals surface area contributed by atoms with E-state index in [0.717, 1.165) is 33.9 Å². The van der Waals surface area contributed by atoms with Crippen molar-refractivity contribution in [1.82, 2.24) is 15.0 Å². The Bertz CT molecular complexity index is 1420. The number of hydrogen-bond acceptors (Lipinski definition) is 10. The number of pyridine rings is 1. The van der Waals surface area contributed by atoms with Gasteiger partial charge in [-0.05, 0) is 62.6 Å². The number of anilines is 2. The average molecular weight is 522 g/mol. The summed E-state index contributed by atoms with van der Waals surface area (Å²) < 4.78 is 6.33. The minimum absolute atomic E-state index is 0.192. The molecule has 4 aromatic rings. The lowest BCUT2D eigenvalue weighted by Gasteiger charge is -2.21. The summed E-state index contributed by atoms with van der Waals surface area (Å²) in [7, 11) is 0. The number of thiophene rings is 1. The quantitative estimate of drug-likeness (QED) is 0.233. The van der Waals surface area contributed by atoms with Crippen LogP contribution in [0.25, 0.3) is 32.9 Å². The summed E-state index contributed by atoms with van der Waals surface area (Å²) in [6, 6.07) is 7.59. The molecule has 2 aliphatic rings. The highest BCUT2D eigenvalue weighted by Crippen LogP contribution is 2.39. The third kappa shape index (κ3) is 4.70. The van der Waals surface area contributed by atoms with Gasteiger partial charge in [0.15, 0.2) is 5.58 Å². The number of nitrogens with one attached hydrogen (secondary N) is 2. The summed E-state index contributed by atoms with van der Waals surface area (Å²) in [4.78, 5) is 15.3. The minimum Gasteiger partial charge on any atom is -0.454 e. The zero-order valence-electron chi connectivity index (χ0n) is 20.8. The van der Waals surface area contributed by atoms with Gasteiger partial charge in [-0.1, -0.05) is 6.07 Å². The third-order valence-corrected chi connectivity index (χ3v) is 8.28. The number of aromatic nitrogens is 3. The number of rotatable bonds is 8. The molecule has 0 aromatic carbocycles. The Balaban J connectivity index is 1.41. The standard InChI is InChI=1S/C27H31N5O4S/c1-13-22(20-10-16-8-18(21-4-3-7-37-21)29-14(2)25(16)36-20)26(32-27(30-13)28-11-15-5-6-15)31-19-9-17(12-33)23(34)24(19)35/h3-4,7-8,10,15,17,19,23-24,33-35H,5-6,9,11-12H2,1-2H3,(H2,28,30,31,32). The molecule has 2 saturated carbocycles. The minimum atomic E-state index is -1.03. The Morgan fingerprint density at radius 3 is 2.62 bits per heavy atom. The Kier molecular flexibility index (Phi) is 6.36. The van der Waals surface area contributed by atoms with E-state index in [0.29, 0.717) is 41.0 Å². The van der Waals surface area contributed by atoms with Gasteiger partial charge in [-0.15, -0.1) is 11.3 Å². The molecule has 0 amide bonds. The van der Waals surface area contributed by atoms with Gasteiger partial charge in [0, 0.05) is 24.5 Å². The largest absolute Gasteiger partial charge is 0.454 e. The van der Waals surface area contributed by atoms with Crippen molar-refractivity contribution in [3.05, 3.63) is 41.0 Å². The molecule has 5 N–H and O–H groups in total. The van der Waals surface area contributed by atoms with Gasteiger partial charge < -0.3 is 30.4 Å². The van der Waals surface area contributed by atoms with Crippen molar-refractivity contribution in [1.29, 1.82) is 0 Å². The maximum absolute atomic E-state index is 10.7. The van der Waals surface area contributed by atoms with Gasteiger partial charge in [0.2, 0.25) is 5.95 Å². The van der Waals surface area contributed by atoms with E-state index in [9.17, 15) is 15.3 Å². The molecule has 4 heterocycles. The van der Waals surface area contributed by atoms with Crippen LogP contribution in [0.15, 0.2) is 34.1 Å². The van der Waals surface area contributed by atoms with Crippen molar-refractivity contribution in [2.75, 3.05) is 23.8 Å². The van der Waals surface area contributed by atoms with Gasteiger partial charge in [0.1, 0.15) is 17.7 Å². The Hall–Kier alpha value is -3.05. The molecule has 10 heteroatoms. The third-order valence-electron chi connectivity index (χ3n) is 7.38. The van der Waals surface area contributed by atoms with Gasteiger partial charge >= 0.3 is 0 Å². The molecule has 37 heavy (non-hydrogen) atoms. The topological polar surface area (TPSA) is 137 Å². The fourth-order valence-corrected chi connectivity index (χ4v) is 5.80. The van der Waals surface area contributed by atoms with E-state index in [1.807, 2.05) is 43.5 Å². The summed E-state index contributed by atoms with van der Waals surface area (Å²) in [5.41, 5.74) is 3.82. The van der Waals surface area contributed by atoms with Crippen molar-refractivity contribution in [2.45, 2.75) is 51.4 Å². The second-order valence-corrected chi connectivity index (χ2v) is 11.1. The normalized spacial score (nSPS) is 23.6. The van der Waals surface area contributed by atoms with E-state index in [4.69, 9.17) is 19.4 Å². The van der Waals surface area contributed by atoms with E-state index < -0.39 is 24.2 Å². The average Bonchev–Trinajstić information content (AvgIpc) is 3.24. The fourth-order valence-electron chi connectivity index (χ4n) is 5.11. The number of nitrogens with zero attached hydrogens (tertiary/aromatic N) is 3. The summed E-state index contributed by atoms with van der Waals surface area (Å²) in [6.45, 7) is 4.47. The predicted octanol–water partition coefficient (Wildman–Crippen LogP) is 3.97. The molecule has 0 bridgehead atoms. The summed E-state index contributed by atoms with van der Waals surface area (Å²) in [6.07, 6.45) is 0.808. The zero-order chi connectivity index (χ0) is 25.7. The van der Waals surface area contributed by atoms with Crippen molar-refractivity contribution in [3.63, 3.8) is 0 Å². The summed E-state index contributed by atoms with van der Waals surface area (Å²) in [5, 5.41) is 40.3. The molecule has 4 aromatic heterocycles. The van der Waals surface area contributed by atoms with Gasteiger partial charge in [-0.25, -0.2) is 9.97 Å². The summed E-state index contributed by atoms with van der Waals surface area (Å²) >= 11 is 1.64. The van der Waals surface area contributed by atoms with Crippen LogP contribution in [0.2, 0.25) is 0 Å². The van der Waals surface area contributed by atoms with Crippen molar-refractivity contribution < 1.29 is 19.7 Å². The van der Waals surface area contributed by atoms with Crippen LogP contribution in [0.3, 0.4) is 0 Å². The van der Waals surface area contributed by atoms with Crippen LogP contribution < -0.4 is 10.6 Å². The second kappa shape index (κ2) is 9.68. The molecule has 0 saturated heterocycles. The Labute approximate surface area is 218 Å². The van der Waals surface area contributed by atoms with Gasteiger partial charge in [-0.2, -0.15) is 4.98 Å². The first kappa shape index (κ1) is 24.3. The second-order valence-electron chi connectivity index (χ2n) is 10.2. The number of aliphatic hydroxyl groups is 3. The van der Waals surface area contributed by atoms with E-state index in [1.165, 1.54) is 12.8 Å². The highest BCUT2D eigenvalue weighted by atomic mass is 32.1. The lowest BCUT2D eigenvalue weighted by Crippen LogP contribution is -2.35. The van der Waals surface area contributed by atoms with Crippen LogP contribution in [0.4, 0.5) is 11.8 Å². The van der Waals surface area contributed by atoms with Crippen LogP contribution >= 0.6 is 11.3 Å². The number of aryl methyl sites for hydroxylation is 2. The van der Waals surface area contributed by atoms with Gasteiger partial charge in [0.05, 0.1) is 39.7 Å². The lowest BCUT2D eigenvalue weighted by molar-refractivity contribution is 0.00446. The number of furan rings is 1. The molecule has 4 unspecified atom stereocenters. The molecule has 2 aliphatic carbocycles. The first-order valence-electron chi connectivity index (χ1n) is 12.7. The number of hydrogen-bond donors (Lipinski definition) is 5. The van der Waals surface area contributed by atoms with E-state index >= 15 is 0 Å². The SMILES string of the molecule is Cc1nc(NCC2CC2)nc(NC2CC(CO)C(O)C2O)c1-c1cc2cc(-c3cccs3)nc(C)c2o1. The van der Waals surface area contributed by atoms with Crippen LogP contribution in [0.1, 0.15) is 30.7 Å². The van der Waals surface area contributed by atoms with Crippen molar-refractivity contribution >= 4 is 34.1 Å². The van der Waals surface area contributed by atoms with Crippen molar-refractivity contribution in [2.24, 2.45) is 11.8 Å². The van der Waals surface area contributed by atoms with Crippen LogP contribution in [0, 0.1) is 25.7 Å². The highest BCUT2D eigenvalue weighted by Gasteiger charge is 2.41. The highest BCUT2D eigenvalue weighted by molar-refractivity contribution is 7.13. The number of fused-ring (bicyclic) bond motifs is 1. The lowest BCUT2D eigenvalue weighted by atomic mass is 10.1. The molecule has 0 spiro atoms. The van der Waals surface area contributed by atoms with Gasteiger partial charge in [-0.3, -0.25) is 0 Å². The first-order chi connectivity index (χ1) is 17.9. The van der Waals surface area contributed by atoms with Crippen molar-refractivity contribution in [3.8, 4) is 21.9 Å². The Morgan fingerprint density at radius 2 is 1.92 bits per heavy atom. The number of aliphatic hydroxyl groups excluding tert-OH is 3. The van der Waals surface area contributed by atoms with Crippen LogP contribution in [-0.2, 0) is 0 Å². The maximum atomic E-state index is 10.7. The fraction of sp³-hybridized carbons (Fsp3) is 0.444. The molecular weight excluding hydrogens is 490 g/mol. The molecule has 2 fully saturated rings. The van der Waals surface area contributed by atoms with Crippen LogP contribution in [0.5, 0.6) is 0 Å². The molecule has 0 radical (unpaired) electrons. The molecule has 194 valence electrons. The Morgan fingerprint density at radius 1 is 1.08 bits per heavy atom. The van der Waals surface area contributed by atoms with Crippen LogP contribution in [-0.4, -0.2) is 61.7 Å². The van der Waals surface area contributed by atoms with E-state index in [2.05, 4.69) is 10.6 Å². The molecule has 4 atom stereocenters. The molecule has 9 nitrogen and oxygen atoms in total. The monoisotopic (exact) mass is 521 g/mol. The zero-order valence-corrected chi connectivity index (χ0v) is 21.6. The smallest absolute Gasteiger partial charge is 0.224 e. The van der Waals surface area contributed by atoms with Gasteiger partial charge in [0.25, 0.3) is 0 Å². The summed E-state index contributed by atoms with van der Waals surface area (Å²) in [5.74, 6) is 1.88. The van der Waals surface area contributed by atoms with E-state index in [-0.39, 0.29) is 6.61 Å². The molecular formula is C27H31N5O4S.